The number of hydrogen-bond donors (Lipinski definition) is 6. The van der Waals surface area contributed by atoms with Gasteiger partial charge in [-0.2, -0.15) is 26.3 Å². The Hall–Kier alpha value is -7.52. The molecule has 72 heavy (non-hydrogen) atoms. The number of alkyl halides is 6. The molecule has 0 heterocycles. The molecule has 0 saturated carbocycles. The molecule has 5 rings (SSSR count). The van der Waals surface area contributed by atoms with Crippen molar-refractivity contribution >= 4 is 47.0 Å². The van der Waals surface area contributed by atoms with Crippen LogP contribution in [0.2, 0.25) is 0 Å². The van der Waals surface area contributed by atoms with Crippen molar-refractivity contribution in [3.8, 4) is 23.0 Å². The van der Waals surface area contributed by atoms with Gasteiger partial charge in [0.05, 0.1) is 30.3 Å². The van der Waals surface area contributed by atoms with Crippen LogP contribution in [0.3, 0.4) is 0 Å². The van der Waals surface area contributed by atoms with E-state index in [2.05, 4.69) is 0 Å². The molecule has 0 aliphatic heterocycles. The number of allylic oxidation sites excluding steroid dienone is 1. The quantitative estimate of drug-likeness (QED) is 0.00721. The van der Waals surface area contributed by atoms with Crippen LogP contribution in [0.4, 0.5) is 37.7 Å². The van der Waals surface area contributed by atoms with Gasteiger partial charge >= 0.3 is 24.3 Å². The highest BCUT2D eigenvalue weighted by Gasteiger charge is 2.43. The number of nitrogens with two attached hydrogens (primary N) is 2. The third-order valence-electron chi connectivity index (χ3n) is 10.1. The number of aliphatic hydroxyl groups is 4. The lowest BCUT2D eigenvalue weighted by atomic mass is 9.82. The van der Waals surface area contributed by atoms with Gasteiger partial charge in [0.25, 0.3) is 0 Å². The number of nitrogen functional groups attached to an aromatic ring is 2. The van der Waals surface area contributed by atoms with Crippen molar-refractivity contribution in [2.24, 2.45) is 0 Å². The van der Waals surface area contributed by atoms with E-state index >= 15 is 0 Å². The molecule has 0 aromatic heterocycles. The minimum atomic E-state index is -4.28. The lowest BCUT2D eigenvalue weighted by molar-refractivity contribution is -0.187. The molecule has 0 radical (unpaired) electrons. The summed E-state index contributed by atoms with van der Waals surface area (Å²) in [7, 11) is 0. The molecule has 14 nitrogen and oxygen atoms in total. The van der Waals surface area contributed by atoms with Crippen LogP contribution < -0.4 is 30.4 Å². The summed E-state index contributed by atoms with van der Waals surface area (Å²) in [6, 6.07) is 27.2. The summed E-state index contributed by atoms with van der Waals surface area (Å²) in [4.78, 5) is 52.2. The van der Waals surface area contributed by atoms with E-state index in [0.717, 1.165) is 12.2 Å². The van der Waals surface area contributed by atoms with Crippen LogP contribution in [-0.2, 0) is 9.59 Å². The Morgan fingerprint density at radius 1 is 0.597 bits per heavy atom. The smallest absolute Gasteiger partial charge is 0.389 e. The van der Waals surface area contributed by atoms with Gasteiger partial charge in [-0.3, -0.25) is 9.59 Å². The van der Waals surface area contributed by atoms with Crippen LogP contribution >= 0.6 is 0 Å². The first-order chi connectivity index (χ1) is 33.9. The van der Waals surface area contributed by atoms with Gasteiger partial charge in [0.15, 0.2) is 12.1 Å². The van der Waals surface area contributed by atoms with Crippen LogP contribution in [0.15, 0.2) is 127 Å². The van der Waals surface area contributed by atoms with E-state index in [9.17, 15) is 55.7 Å². The molecule has 5 aromatic carbocycles. The zero-order chi connectivity index (χ0) is 53.1. The maximum atomic E-state index is 13.4. The Kier molecular flexibility index (Phi) is 21.1. The lowest BCUT2D eigenvalue weighted by Crippen LogP contribution is -2.44. The number of hydrogen-bond acceptors (Lipinski definition) is 14. The average molecular weight is 1010 g/mol. The van der Waals surface area contributed by atoms with Gasteiger partial charge in [0.2, 0.25) is 11.6 Å². The van der Waals surface area contributed by atoms with E-state index in [1.165, 1.54) is 127 Å². The number of carbonyl (C=O) groups excluding carboxylic acids is 4. The zero-order valence-corrected chi connectivity index (χ0v) is 38.6. The number of benzene rings is 5. The van der Waals surface area contributed by atoms with Crippen molar-refractivity contribution in [3.63, 3.8) is 0 Å². The van der Waals surface area contributed by atoms with E-state index in [0.29, 0.717) is 29.0 Å². The summed E-state index contributed by atoms with van der Waals surface area (Å²) < 4.78 is 95.3. The highest BCUT2D eigenvalue weighted by atomic mass is 19.4. The molecule has 8 N–H and O–H groups in total. The SMILES string of the molecule is CCC(O)O.Nc1ccc(C(CC(=O)/C=C/c2ccc(C(=O)Oc3ccc(OCCCC(F)(F)F)cc3)cc2)C(O)(O)C(=O)/C=C/c2ccc(C(=O)Oc3ccc(OCCCC(F)(F)F)cc3)cc2)c(N)c1. The summed E-state index contributed by atoms with van der Waals surface area (Å²) in [5.74, 6) is -7.14. The molecular weight excluding hydrogens is 959 g/mol. The predicted molar refractivity (Wildman–Crippen MR) is 254 cm³/mol. The third kappa shape index (κ3) is 19.7. The largest absolute Gasteiger partial charge is 0.494 e. The van der Waals surface area contributed by atoms with Crippen molar-refractivity contribution in [1.29, 1.82) is 0 Å². The van der Waals surface area contributed by atoms with Gasteiger partial charge in [0.1, 0.15) is 23.0 Å². The standard InChI is InChI=1S/C49H44F6N2O10.C3H8O2/c50-47(51,52)25-1-27-64-37-15-19-39(20-16-37)66-45(60)33-9-3-31(4-10-33)7-14-36(58)30-42(41-23-13-35(56)29-43(41)57)49(62,63)44(59)24-8-32-5-11-34(12-6-32)46(61)67-40-21-17-38(18-22-40)65-28-2-26-48(53,54)55;1-2-3(4)5/h3-24,29,42,62-63H,1-2,25-28,30,56-57H2;3-5H,2H2,1H3/b14-7+,24-8+;. The van der Waals surface area contributed by atoms with Gasteiger partial charge < -0.3 is 50.8 Å². The summed E-state index contributed by atoms with van der Waals surface area (Å²) in [5, 5.41) is 38.5. The van der Waals surface area contributed by atoms with Crippen molar-refractivity contribution in [2.45, 2.75) is 75.8 Å². The van der Waals surface area contributed by atoms with Crippen molar-refractivity contribution in [2.75, 3.05) is 24.7 Å². The number of carbonyl (C=O) groups is 4. The normalized spacial score (nSPS) is 12.3. The zero-order valence-electron chi connectivity index (χ0n) is 38.6. The first-order valence-electron chi connectivity index (χ1n) is 22.0. The fourth-order valence-electron chi connectivity index (χ4n) is 6.23. The predicted octanol–water partition coefficient (Wildman–Crippen LogP) is 9.16. The number of aliphatic hydroxyl groups excluding tert-OH is 1. The number of anilines is 2. The highest BCUT2D eigenvalue weighted by molar-refractivity contribution is 6.01. The number of esters is 2. The van der Waals surface area contributed by atoms with Gasteiger partial charge in [-0.05, 0) is 133 Å². The van der Waals surface area contributed by atoms with Crippen LogP contribution in [-0.4, -0.2) is 81.6 Å². The van der Waals surface area contributed by atoms with E-state index in [-0.39, 0.29) is 65.6 Å². The Morgan fingerprint density at radius 2 is 1.00 bits per heavy atom. The summed E-state index contributed by atoms with van der Waals surface area (Å²) >= 11 is 0. The molecule has 0 bridgehead atoms. The molecule has 384 valence electrons. The Bertz CT molecular complexity index is 2620. The second-order valence-electron chi connectivity index (χ2n) is 15.9. The van der Waals surface area contributed by atoms with Gasteiger partial charge in [0, 0.05) is 30.6 Å². The minimum Gasteiger partial charge on any atom is -0.494 e. The van der Waals surface area contributed by atoms with Gasteiger partial charge in [-0.15, -0.1) is 0 Å². The van der Waals surface area contributed by atoms with E-state index < -0.39 is 73.1 Å². The molecule has 0 amide bonds. The Morgan fingerprint density at radius 3 is 1.39 bits per heavy atom. The Labute approximate surface area is 409 Å². The lowest BCUT2D eigenvalue weighted by Gasteiger charge is -2.30. The number of rotatable bonds is 22. The highest BCUT2D eigenvalue weighted by Crippen LogP contribution is 2.36. The Balaban J connectivity index is 0.00000214. The molecule has 20 heteroatoms. The van der Waals surface area contributed by atoms with Crippen LogP contribution in [0, 0.1) is 0 Å². The van der Waals surface area contributed by atoms with Crippen molar-refractivity contribution in [1.82, 2.24) is 0 Å². The fraction of sp³-hybridized carbons (Fsp3) is 0.269. The van der Waals surface area contributed by atoms with Crippen LogP contribution in [0.5, 0.6) is 23.0 Å². The maximum absolute atomic E-state index is 13.4. The molecule has 5 aromatic rings. The molecule has 0 spiro atoms. The second kappa shape index (κ2) is 26.6. The topological polar surface area (TPSA) is 238 Å². The number of ether oxygens (including phenoxy) is 4. The molecule has 0 fully saturated rings. The molecule has 1 atom stereocenters. The van der Waals surface area contributed by atoms with E-state index in [1.54, 1.807) is 6.92 Å². The van der Waals surface area contributed by atoms with Gasteiger partial charge in [-0.1, -0.05) is 49.4 Å². The molecular formula is C52H52F6N2O12. The summed E-state index contributed by atoms with van der Waals surface area (Å²) in [6.45, 7) is 1.41. The first kappa shape index (κ1) is 57.1. The second-order valence-corrected chi connectivity index (χ2v) is 15.9. The monoisotopic (exact) mass is 1010 g/mol. The number of halogens is 6. The summed E-state index contributed by atoms with van der Waals surface area (Å²) in [5.41, 5.74) is 13.4. The number of ketones is 2. The molecule has 1 unspecified atom stereocenters. The van der Waals surface area contributed by atoms with Crippen LogP contribution in [0.25, 0.3) is 12.2 Å². The average Bonchev–Trinajstić information content (AvgIpc) is 3.33. The molecule has 0 aliphatic carbocycles. The van der Waals surface area contributed by atoms with E-state index in [4.69, 9.17) is 40.6 Å². The van der Waals surface area contributed by atoms with Crippen LogP contribution in [0.1, 0.15) is 88.8 Å². The summed E-state index contributed by atoms with van der Waals surface area (Å²) in [6.07, 6.45) is -7.51. The maximum Gasteiger partial charge on any atom is 0.389 e. The fourth-order valence-corrected chi connectivity index (χ4v) is 6.23. The molecule has 0 saturated heterocycles. The molecule has 0 aliphatic rings. The van der Waals surface area contributed by atoms with Crippen molar-refractivity contribution in [3.05, 3.63) is 155 Å². The first-order valence-corrected chi connectivity index (χ1v) is 22.0. The van der Waals surface area contributed by atoms with Gasteiger partial charge in [-0.25, -0.2) is 9.59 Å². The third-order valence-corrected chi connectivity index (χ3v) is 10.1. The van der Waals surface area contributed by atoms with Crippen molar-refractivity contribution < 1.29 is 84.9 Å². The van der Waals surface area contributed by atoms with E-state index in [1.807, 2.05) is 0 Å². The minimum absolute atomic E-state index is 0.00995.